The van der Waals surface area contributed by atoms with E-state index in [2.05, 4.69) is 11.8 Å². The number of carbonyl (C=O) groups is 1. The lowest BCUT2D eigenvalue weighted by Gasteiger charge is -2.08. The van der Waals surface area contributed by atoms with Crippen molar-refractivity contribution in [1.82, 2.24) is 0 Å². The van der Waals surface area contributed by atoms with E-state index in [4.69, 9.17) is 13.7 Å². The standard InChI is InChI=1S/C19H18O4S/c1-3-4-13-22-16-9-11-17(12-10-16)24-23-19(20)14-15-7-5-6-8-18(15)21-2/h5-12H,13-14H2,1-2H3. The van der Waals surface area contributed by atoms with Crippen molar-refractivity contribution < 1.29 is 18.5 Å². The van der Waals surface area contributed by atoms with Gasteiger partial charge in [-0.25, -0.2) is 0 Å². The molecule has 0 atom stereocenters. The van der Waals surface area contributed by atoms with Crippen LogP contribution < -0.4 is 9.47 Å². The van der Waals surface area contributed by atoms with Crippen molar-refractivity contribution in [3.63, 3.8) is 0 Å². The monoisotopic (exact) mass is 342 g/mol. The molecule has 0 N–H and O–H groups in total. The largest absolute Gasteiger partial charge is 0.496 e. The van der Waals surface area contributed by atoms with E-state index in [-0.39, 0.29) is 12.4 Å². The fourth-order valence-electron chi connectivity index (χ4n) is 1.91. The van der Waals surface area contributed by atoms with Crippen LogP contribution >= 0.6 is 12.0 Å². The van der Waals surface area contributed by atoms with E-state index in [9.17, 15) is 4.79 Å². The van der Waals surface area contributed by atoms with Gasteiger partial charge in [0.25, 0.3) is 0 Å². The molecule has 2 aromatic rings. The summed E-state index contributed by atoms with van der Waals surface area (Å²) in [5, 5.41) is 0. The van der Waals surface area contributed by atoms with Crippen molar-refractivity contribution in [2.45, 2.75) is 18.2 Å². The summed E-state index contributed by atoms with van der Waals surface area (Å²) in [5.41, 5.74) is 0.798. The summed E-state index contributed by atoms with van der Waals surface area (Å²) in [5.74, 6) is 6.66. The molecule has 5 heteroatoms. The van der Waals surface area contributed by atoms with Gasteiger partial charge in [-0.3, -0.25) is 4.79 Å². The summed E-state index contributed by atoms with van der Waals surface area (Å²) in [7, 11) is 1.58. The number of carbonyl (C=O) groups excluding carboxylic acids is 1. The molecule has 0 saturated heterocycles. The molecule has 0 fully saturated rings. The molecule has 0 aliphatic rings. The average molecular weight is 342 g/mol. The molecule has 0 radical (unpaired) electrons. The first-order chi connectivity index (χ1) is 11.7. The van der Waals surface area contributed by atoms with Gasteiger partial charge in [0.1, 0.15) is 18.1 Å². The molecular weight excluding hydrogens is 324 g/mol. The van der Waals surface area contributed by atoms with Gasteiger partial charge in [-0.05, 0) is 37.3 Å². The third-order valence-electron chi connectivity index (χ3n) is 3.07. The molecular formula is C19H18O4S. The number of para-hydroxylation sites is 1. The van der Waals surface area contributed by atoms with E-state index in [0.717, 1.165) is 28.3 Å². The molecule has 0 bridgehead atoms. The molecule has 0 saturated carbocycles. The zero-order valence-corrected chi connectivity index (χ0v) is 14.4. The van der Waals surface area contributed by atoms with Gasteiger partial charge >= 0.3 is 5.97 Å². The van der Waals surface area contributed by atoms with Gasteiger partial charge in [0.2, 0.25) is 0 Å². The molecule has 4 nitrogen and oxygen atoms in total. The second-order valence-electron chi connectivity index (χ2n) is 4.71. The number of methoxy groups -OCH3 is 1. The van der Waals surface area contributed by atoms with Crippen molar-refractivity contribution in [3.05, 3.63) is 54.1 Å². The molecule has 0 aromatic heterocycles. The number of rotatable bonds is 7. The van der Waals surface area contributed by atoms with E-state index < -0.39 is 0 Å². The third kappa shape index (κ3) is 5.56. The minimum absolute atomic E-state index is 0.161. The lowest BCUT2D eigenvalue weighted by Crippen LogP contribution is -2.04. The zero-order chi connectivity index (χ0) is 17.2. The van der Waals surface area contributed by atoms with Crippen LogP contribution in [0.4, 0.5) is 0 Å². The lowest BCUT2D eigenvalue weighted by atomic mass is 10.1. The van der Waals surface area contributed by atoms with Crippen LogP contribution in [-0.4, -0.2) is 19.7 Å². The molecule has 0 aliphatic carbocycles. The summed E-state index contributed by atoms with van der Waals surface area (Å²) >= 11 is 1.02. The fraction of sp³-hybridized carbons (Fsp3) is 0.211. The Morgan fingerprint density at radius 3 is 2.58 bits per heavy atom. The Morgan fingerprint density at radius 1 is 1.12 bits per heavy atom. The van der Waals surface area contributed by atoms with Gasteiger partial charge in [-0.1, -0.05) is 24.1 Å². The predicted octanol–water partition coefficient (Wildman–Crippen LogP) is 3.89. The minimum atomic E-state index is -0.331. The van der Waals surface area contributed by atoms with Crippen LogP contribution in [0.2, 0.25) is 0 Å². The minimum Gasteiger partial charge on any atom is -0.496 e. The number of ether oxygens (including phenoxy) is 2. The number of hydrogen-bond donors (Lipinski definition) is 0. The molecule has 2 aromatic carbocycles. The predicted molar refractivity (Wildman–Crippen MR) is 94.0 cm³/mol. The van der Waals surface area contributed by atoms with Gasteiger partial charge < -0.3 is 13.7 Å². The summed E-state index contributed by atoms with van der Waals surface area (Å²) in [6.07, 6.45) is 0.161. The Labute approximate surface area is 146 Å². The van der Waals surface area contributed by atoms with Crippen molar-refractivity contribution in [2.75, 3.05) is 13.7 Å². The SMILES string of the molecule is CC#CCOc1ccc(SOC(=O)Cc2ccccc2OC)cc1. The van der Waals surface area contributed by atoms with Gasteiger partial charge in [0.15, 0.2) is 0 Å². The Balaban J connectivity index is 1.83. The third-order valence-corrected chi connectivity index (χ3v) is 3.80. The smallest absolute Gasteiger partial charge is 0.322 e. The van der Waals surface area contributed by atoms with Crippen LogP contribution in [0.3, 0.4) is 0 Å². The highest BCUT2D eigenvalue weighted by atomic mass is 32.2. The van der Waals surface area contributed by atoms with Gasteiger partial charge in [0, 0.05) is 10.5 Å². The van der Waals surface area contributed by atoms with E-state index >= 15 is 0 Å². The van der Waals surface area contributed by atoms with Crippen molar-refractivity contribution >= 4 is 18.0 Å². The van der Waals surface area contributed by atoms with Crippen LogP contribution in [0.15, 0.2) is 53.4 Å². The van der Waals surface area contributed by atoms with Gasteiger partial charge in [-0.2, -0.15) is 0 Å². The van der Waals surface area contributed by atoms with Gasteiger partial charge in [-0.15, -0.1) is 5.92 Å². The summed E-state index contributed by atoms with van der Waals surface area (Å²) in [6.45, 7) is 2.12. The summed E-state index contributed by atoms with van der Waals surface area (Å²) < 4.78 is 15.9. The molecule has 0 aliphatic heterocycles. The van der Waals surface area contributed by atoms with Crippen LogP contribution in [0.25, 0.3) is 0 Å². The Kier molecular flexibility index (Phi) is 7.06. The quantitative estimate of drug-likeness (QED) is 0.564. The lowest BCUT2D eigenvalue weighted by molar-refractivity contribution is -0.132. The number of hydrogen-bond acceptors (Lipinski definition) is 5. The molecule has 0 amide bonds. The highest BCUT2D eigenvalue weighted by molar-refractivity contribution is 7.95. The first-order valence-corrected chi connectivity index (χ1v) is 8.09. The first-order valence-electron chi connectivity index (χ1n) is 7.34. The molecule has 0 unspecified atom stereocenters. The maximum absolute atomic E-state index is 12.0. The van der Waals surface area contributed by atoms with Gasteiger partial charge in [0.05, 0.1) is 25.6 Å². The molecule has 0 spiro atoms. The van der Waals surface area contributed by atoms with Crippen LogP contribution in [0, 0.1) is 11.8 Å². The van der Waals surface area contributed by atoms with Crippen LogP contribution in [0.5, 0.6) is 11.5 Å². The second kappa shape index (κ2) is 9.53. The van der Waals surface area contributed by atoms with E-state index in [1.54, 1.807) is 14.0 Å². The maximum atomic E-state index is 12.0. The topological polar surface area (TPSA) is 44.8 Å². The zero-order valence-electron chi connectivity index (χ0n) is 13.6. The highest BCUT2D eigenvalue weighted by Crippen LogP contribution is 2.24. The Morgan fingerprint density at radius 2 is 1.88 bits per heavy atom. The van der Waals surface area contributed by atoms with Crippen molar-refractivity contribution in [3.8, 4) is 23.3 Å². The Hall–Kier alpha value is -2.58. The van der Waals surface area contributed by atoms with E-state index in [0.29, 0.717) is 12.4 Å². The highest BCUT2D eigenvalue weighted by Gasteiger charge is 2.10. The number of benzene rings is 2. The maximum Gasteiger partial charge on any atom is 0.322 e. The van der Waals surface area contributed by atoms with Crippen LogP contribution in [-0.2, 0) is 15.4 Å². The average Bonchev–Trinajstić information content (AvgIpc) is 2.62. The summed E-state index contributed by atoms with van der Waals surface area (Å²) in [4.78, 5) is 12.8. The van der Waals surface area contributed by atoms with Crippen LogP contribution in [0.1, 0.15) is 12.5 Å². The fourth-order valence-corrected chi connectivity index (χ4v) is 2.41. The molecule has 0 heterocycles. The summed E-state index contributed by atoms with van der Waals surface area (Å²) in [6, 6.07) is 14.7. The van der Waals surface area contributed by atoms with E-state index in [1.165, 1.54) is 0 Å². The molecule has 124 valence electrons. The normalized spacial score (nSPS) is 9.58. The Bertz CT molecular complexity index is 729. The first kappa shape index (κ1) is 17.8. The second-order valence-corrected chi connectivity index (χ2v) is 5.52. The van der Waals surface area contributed by atoms with E-state index in [1.807, 2.05) is 48.5 Å². The molecule has 24 heavy (non-hydrogen) atoms. The van der Waals surface area contributed by atoms with Crippen molar-refractivity contribution in [2.24, 2.45) is 0 Å². The van der Waals surface area contributed by atoms with Crippen molar-refractivity contribution in [1.29, 1.82) is 0 Å². The molecule has 2 rings (SSSR count).